The molecule has 0 bridgehead atoms. The zero-order valence-electron chi connectivity index (χ0n) is 16.4. The molecule has 2 aliphatic carbocycles. The summed E-state index contributed by atoms with van der Waals surface area (Å²) in [5.41, 5.74) is 10.3. The lowest BCUT2D eigenvalue weighted by atomic mass is 9.82. The number of nitrogens with two attached hydrogens (primary N) is 1. The van der Waals surface area contributed by atoms with Gasteiger partial charge in [-0.05, 0) is 30.4 Å². The summed E-state index contributed by atoms with van der Waals surface area (Å²) in [4.78, 5) is 9.17. The van der Waals surface area contributed by atoms with Gasteiger partial charge in [-0.25, -0.2) is 9.97 Å². The normalized spacial score (nSPS) is 24.0. The lowest BCUT2D eigenvalue weighted by Gasteiger charge is -2.30. The number of anilines is 1. The highest BCUT2D eigenvalue weighted by Gasteiger charge is 2.33. The van der Waals surface area contributed by atoms with Crippen molar-refractivity contribution in [3.8, 4) is 0 Å². The number of aliphatic hydroxyl groups excluding tert-OH is 1. The lowest BCUT2D eigenvalue weighted by molar-refractivity contribution is 0.0715. The summed E-state index contributed by atoms with van der Waals surface area (Å²) in [7, 11) is 0. The second-order valence-corrected chi connectivity index (χ2v) is 7.88. The summed E-state index contributed by atoms with van der Waals surface area (Å²) < 4.78 is 2.00. The minimum absolute atomic E-state index is 0.0215. The standard InChI is InChI=1S/C23H23N5O2/c24-22-21-20(26-23(17-12-18(29)13-17)28(21)11-10-25-22)16-8-6-15(7-9-16)19(27-30)14-4-2-1-3-5-14/h1-6,8-11,15,17-18,29-30H,7,12-13H2,(H2,24,25)/b27-19+. The van der Waals surface area contributed by atoms with Crippen LogP contribution in [0.1, 0.15) is 42.3 Å². The molecule has 1 saturated carbocycles. The van der Waals surface area contributed by atoms with Gasteiger partial charge in [-0.15, -0.1) is 0 Å². The Labute approximate surface area is 173 Å². The first kappa shape index (κ1) is 18.6. The molecule has 152 valence electrons. The highest BCUT2D eigenvalue weighted by atomic mass is 16.4. The predicted octanol–water partition coefficient (Wildman–Crippen LogP) is 3.39. The molecule has 0 radical (unpaired) electrons. The van der Waals surface area contributed by atoms with Crippen LogP contribution in [0.3, 0.4) is 0 Å². The van der Waals surface area contributed by atoms with Gasteiger partial charge in [0.2, 0.25) is 0 Å². The van der Waals surface area contributed by atoms with Crippen LogP contribution >= 0.6 is 0 Å². The van der Waals surface area contributed by atoms with E-state index < -0.39 is 0 Å². The fourth-order valence-electron chi connectivity index (χ4n) is 4.33. The van der Waals surface area contributed by atoms with Gasteiger partial charge >= 0.3 is 0 Å². The summed E-state index contributed by atoms with van der Waals surface area (Å²) in [6.07, 6.45) is 11.6. The van der Waals surface area contributed by atoms with Crippen LogP contribution in [-0.2, 0) is 0 Å². The number of aromatic nitrogens is 3. The maximum absolute atomic E-state index is 9.73. The van der Waals surface area contributed by atoms with E-state index in [1.165, 1.54) is 0 Å². The number of nitrogen functional groups attached to an aromatic ring is 1. The predicted molar refractivity (Wildman–Crippen MR) is 115 cm³/mol. The van der Waals surface area contributed by atoms with Crippen LogP contribution in [0.4, 0.5) is 5.82 Å². The van der Waals surface area contributed by atoms with Gasteiger partial charge in [0.25, 0.3) is 0 Å². The quantitative estimate of drug-likeness (QED) is 0.353. The molecule has 0 aliphatic heterocycles. The number of rotatable bonds is 4. The second kappa shape index (κ2) is 7.42. The highest BCUT2D eigenvalue weighted by Crippen LogP contribution is 2.39. The van der Waals surface area contributed by atoms with E-state index in [0.29, 0.717) is 30.8 Å². The van der Waals surface area contributed by atoms with Crippen molar-refractivity contribution < 1.29 is 10.3 Å². The molecule has 7 nitrogen and oxygen atoms in total. The van der Waals surface area contributed by atoms with Crippen molar-refractivity contribution in [1.29, 1.82) is 0 Å². The van der Waals surface area contributed by atoms with Crippen LogP contribution in [-0.4, -0.2) is 36.5 Å². The Morgan fingerprint density at radius 2 is 2.00 bits per heavy atom. The minimum Gasteiger partial charge on any atom is -0.411 e. The molecule has 1 fully saturated rings. The third-order valence-electron chi connectivity index (χ3n) is 5.99. The van der Waals surface area contributed by atoms with E-state index in [9.17, 15) is 10.3 Å². The third kappa shape index (κ3) is 3.07. The largest absolute Gasteiger partial charge is 0.411 e. The summed E-state index contributed by atoms with van der Waals surface area (Å²) in [5, 5.41) is 22.9. The molecule has 1 atom stereocenters. The number of oxime groups is 1. The zero-order valence-corrected chi connectivity index (χ0v) is 16.4. The van der Waals surface area contributed by atoms with Gasteiger partial charge in [-0.3, -0.25) is 4.40 Å². The molecule has 7 heteroatoms. The number of allylic oxidation sites excluding steroid dienone is 4. The molecule has 4 N–H and O–H groups in total. The minimum atomic E-state index is -0.256. The molecule has 2 heterocycles. The zero-order chi connectivity index (χ0) is 20.7. The fraction of sp³-hybridized carbons (Fsp3) is 0.261. The monoisotopic (exact) mass is 401 g/mol. The Bertz CT molecular complexity index is 1170. The van der Waals surface area contributed by atoms with Crippen LogP contribution in [0.5, 0.6) is 0 Å². The number of fused-ring (bicyclic) bond motifs is 1. The molecule has 3 aromatic rings. The van der Waals surface area contributed by atoms with E-state index in [-0.39, 0.29) is 17.9 Å². The Kier molecular flexibility index (Phi) is 4.59. The van der Waals surface area contributed by atoms with E-state index in [0.717, 1.165) is 28.2 Å². The molecular weight excluding hydrogens is 378 g/mol. The van der Waals surface area contributed by atoms with Gasteiger partial charge in [-0.1, -0.05) is 53.7 Å². The molecule has 0 saturated heterocycles. The van der Waals surface area contributed by atoms with Crippen LogP contribution in [0.15, 0.2) is 66.1 Å². The topological polar surface area (TPSA) is 109 Å². The second-order valence-electron chi connectivity index (χ2n) is 7.88. The molecule has 2 aromatic heterocycles. The van der Waals surface area contributed by atoms with Gasteiger partial charge < -0.3 is 16.0 Å². The van der Waals surface area contributed by atoms with Crippen molar-refractivity contribution in [2.75, 3.05) is 5.73 Å². The Morgan fingerprint density at radius 1 is 1.20 bits per heavy atom. The molecule has 0 amide bonds. The third-order valence-corrected chi connectivity index (χ3v) is 5.99. The first-order chi connectivity index (χ1) is 14.7. The van der Waals surface area contributed by atoms with Gasteiger partial charge in [0.05, 0.1) is 17.5 Å². The summed E-state index contributed by atoms with van der Waals surface area (Å²) in [6.45, 7) is 0. The Balaban J connectivity index is 1.48. The van der Waals surface area contributed by atoms with E-state index in [1.807, 2.05) is 53.1 Å². The van der Waals surface area contributed by atoms with E-state index in [1.54, 1.807) is 6.20 Å². The van der Waals surface area contributed by atoms with E-state index in [4.69, 9.17) is 10.7 Å². The maximum Gasteiger partial charge on any atom is 0.150 e. The van der Waals surface area contributed by atoms with Crippen molar-refractivity contribution >= 4 is 22.6 Å². The van der Waals surface area contributed by atoms with Gasteiger partial charge in [-0.2, -0.15) is 0 Å². The molecule has 1 unspecified atom stereocenters. The summed E-state index contributed by atoms with van der Waals surface area (Å²) >= 11 is 0. The maximum atomic E-state index is 9.73. The Morgan fingerprint density at radius 3 is 2.67 bits per heavy atom. The van der Waals surface area contributed by atoms with Gasteiger partial charge in [0.1, 0.15) is 17.2 Å². The average molecular weight is 401 g/mol. The number of hydrogen-bond acceptors (Lipinski definition) is 6. The first-order valence-corrected chi connectivity index (χ1v) is 10.1. The molecule has 5 rings (SSSR count). The smallest absolute Gasteiger partial charge is 0.150 e. The number of imidazole rings is 1. The number of hydrogen-bond donors (Lipinski definition) is 3. The van der Waals surface area contributed by atoms with Crippen LogP contribution in [0, 0.1) is 5.92 Å². The van der Waals surface area contributed by atoms with Gasteiger partial charge in [0.15, 0.2) is 0 Å². The SMILES string of the molecule is Nc1nccn2c(C3CC(O)C3)nc(C3=CCC(/C(=N/O)c4ccccc4)C=C3)c12. The molecule has 30 heavy (non-hydrogen) atoms. The van der Waals surface area contributed by atoms with Crippen LogP contribution in [0.2, 0.25) is 0 Å². The molecule has 1 aromatic carbocycles. The summed E-state index contributed by atoms with van der Waals surface area (Å²) in [6, 6.07) is 9.68. The average Bonchev–Trinajstić information content (AvgIpc) is 3.14. The number of aliphatic hydroxyl groups is 1. The van der Waals surface area contributed by atoms with Crippen molar-refractivity contribution in [1.82, 2.24) is 14.4 Å². The van der Waals surface area contributed by atoms with E-state index in [2.05, 4.69) is 16.2 Å². The molecule has 2 aliphatic rings. The van der Waals surface area contributed by atoms with E-state index >= 15 is 0 Å². The molecule has 0 spiro atoms. The fourth-order valence-corrected chi connectivity index (χ4v) is 4.33. The van der Waals surface area contributed by atoms with Crippen molar-refractivity contribution in [3.63, 3.8) is 0 Å². The molecular formula is C23H23N5O2. The van der Waals surface area contributed by atoms with Gasteiger partial charge in [0, 0.05) is 24.2 Å². The van der Waals surface area contributed by atoms with Crippen LogP contribution < -0.4 is 5.73 Å². The lowest BCUT2D eigenvalue weighted by Crippen LogP contribution is -2.27. The van der Waals surface area contributed by atoms with Crippen molar-refractivity contribution in [3.05, 3.63) is 78.0 Å². The first-order valence-electron chi connectivity index (χ1n) is 10.1. The van der Waals surface area contributed by atoms with Crippen molar-refractivity contribution in [2.45, 2.75) is 31.3 Å². The Hall–Kier alpha value is -3.45. The highest BCUT2D eigenvalue weighted by molar-refractivity contribution is 6.03. The van der Waals surface area contributed by atoms with Crippen LogP contribution in [0.25, 0.3) is 11.1 Å². The van der Waals surface area contributed by atoms with Crippen molar-refractivity contribution in [2.24, 2.45) is 11.1 Å². The summed E-state index contributed by atoms with van der Waals surface area (Å²) in [5.74, 6) is 1.55. The number of nitrogens with zero attached hydrogens (tertiary/aromatic N) is 4. The number of benzene rings is 1.